The molecule has 0 rings (SSSR count). The van der Waals surface area contributed by atoms with E-state index in [2.05, 4.69) is 67.8 Å². The lowest BCUT2D eigenvalue weighted by atomic mass is 10.0. The van der Waals surface area contributed by atoms with Crippen molar-refractivity contribution in [1.29, 1.82) is 0 Å². The molecule has 404 valence electrons. The summed E-state index contributed by atoms with van der Waals surface area (Å²) in [6.07, 6.45) is 73.9. The van der Waals surface area contributed by atoms with E-state index in [1.165, 1.54) is 193 Å². The largest absolute Gasteiger partial charge is 0.466 e. The molecule has 3 N–H and O–H groups in total. The van der Waals surface area contributed by atoms with Crippen molar-refractivity contribution in [3.63, 3.8) is 0 Å². The zero-order chi connectivity index (χ0) is 50.0. The van der Waals surface area contributed by atoms with Crippen LogP contribution in [0.5, 0.6) is 0 Å². The van der Waals surface area contributed by atoms with E-state index in [4.69, 9.17) is 4.74 Å². The van der Waals surface area contributed by atoms with Crippen molar-refractivity contribution in [1.82, 2.24) is 5.32 Å². The fourth-order valence-electron chi connectivity index (χ4n) is 9.19. The lowest BCUT2D eigenvalue weighted by molar-refractivity contribution is -0.143. The average Bonchev–Trinajstić information content (AvgIpc) is 3.35. The van der Waals surface area contributed by atoms with E-state index in [0.717, 1.165) is 89.9 Å². The van der Waals surface area contributed by atoms with Crippen LogP contribution in [0, 0.1) is 0 Å². The number of nitrogens with one attached hydrogen (secondary N) is 1. The Morgan fingerprint density at radius 1 is 0.420 bits per heavy atom. The summed E-state index contributed by atoms with van der Waals surface area (Å²) in [6.45, 7) is 4.88. The molecule has 0 aliphatic carbocycles. The molecule has 0 aromatic rings. The molecule has 2 atom stereocenters. The number of amides is 1. The van der Waals surface area contributed by atoms with Gasteiger partial charge in [0.1, 0.15) is 0 Å². The molecule has 0 saturated heterocycles. The van der Waals surface area contributed by atoms with E-state index < -0.39 is 12.1 Å². The maximum Gasteiger partial charge on any atom is 0.305 e. The average molecular weight is 969 g/mol. The lowest BCUT2D eigenvalue weighted by Crippen LogP contribution is -2.45. The number of carbonyl (C=O) groups excluding carboxylic acids is 2. The van der Waals surface area contributed by atoms with Gasteiger partial charge in [-0.05, 0) is 89.9 Å². The van der Waals surface area contributed by atoms with Gasteiger partial charge in [0.2, 0.25) is 5.91 Å². The van der Waals surface area contributed by atoms with Gasteiger partial charge < -0.3 is 20.3 Å². The number of ether oxygens (including phenoxy) is 1. The van der Waals surface area contributed by atoms with Gasteiger partial charge in [0, 0.05) is 12.8 Å². The van der Waals surface area contributed by atoms with Gasteiger partial charge in [-0.25, -0.2) is 0 Å². The molecule has 0 aliphatic heterocycles. The van der Waals surface area contributed by atoms with Crippen LogP contribution in [0.4, 0.5) is 0 Å². The van der Waals surface area contributed by atoms with Crippen LogP contribution in [0.2, 0.25) is 0 Å². The second-order valence-electron chi connectivity index (χ2n) is 20.7. The van der Waals surface area contributed by atoms with Crippen molar-refractivity contribution in [3.05, 3.63) is 48.6 Å². The first kappa shape index (κ1) is 66.8. The Hall–Kier alpha value is -2.18. The first-order valence-corrected chi connectivity index (χ1v) is 30.4. The quantitative estimate of drug-likeness (QED) is 0.0244. The number of rotatable bonds is 56. The number of aliphatic hydroxyl groups excluding tert-OH is 2. The fraction of sp³-hybridized carbons (Fsp3) is 0.841. The minimum atomic E-state index is -0.681. The van der Waals surface area contributed by atoms with Gasteiger partial charge in [0.05, 0.1) is 25.4 Å². The zero-order valence-electron chi connectivity index (χ0n) is 46.0. The topological polar surface area (TPSA) is 95.9 Å². The predicted molar refractivity (Wildman–Crippen MR) is 301 cm³/mol. The van der Waals surface area contributed by atoms with Gasteiger partial charge in [0.25, 0.3) is 0 Å². The minimum Gasteiger partial charge on any atom is -0.466 e. The van der Waals surface area contributed by atoms with Crippen LogP contribution < -0.4 is 5.32 Å². The van der Waals surface area contributed by atoms with E-state index in [-0.39, 0.29) is 18.5 Å². The Morgan fingerprint density at radius 3 is 1.20 bits per heavy atom. The molecule has 0 aromatic heterocycles. The van der Waals surface area contributed by atoms with E-state index in [1.54, 1.807) is 0 Å². The van der Waals surface area contributed by atoms with Crippen LogP contribution in [0.1, 0.15) is 316 Å². The van der Waals surface area contributed by atoms with Crippen LogP contribution >= 0.6 is 0 Å². The second-order valence-corrected chi connectivity index (χ2v) is 20.7. The number of allylic oxidation sites excluding steroid dienone is 8. The summed E-state index contributed by atoms with van der Waals surface area (Å²) in [7, 11) is 0. The zero-order valence-corrected chi connectivity index (χ0v) is 46.0. The van der Waals surface area contributed by atoms with Gasteiger partial charge in [-0.2, -0.15) is 0 Å². The van der Waals surface area contributed by atoms with Crippen molar-refractivity contribution < 1.29 is 24.5 Å². The molecule has 0 heterocycles. The number of carbonyl (C=O) groups is 2. The van der Waals surface area contributed by atoms with Crippen LogP contribution in [0.15, 0.2) is 48.6 Å². The van der Waals surface area contributed by atoms with Crippen molar-refractivity contribution >= 4 is 11.9 Å². The molecule has 0 bridgehead atoms. The summed E-state index contributed by atoms with van der Waals surface area (Å²) >= 11 is 0. The molecule has 0 saturated carbocycles. The van der Waals surface area contributed by atoms with Gasteiger partial charge in [-0.3, -0.25) is 9.59 Å². The summed E-state index contributed by atoms with van der Waals surface area (Å²) in [6, 6.07) is -0.561. The van der Waals surface area contributed by atoms with Crippen LogP contribution in [-0.2, 0) is 14.3 Å². The van der Waals surface area contributed by atoms with E-state index in [9.17, 15) is 19.8 Å². The minimum absolute atomic E-state index is 0.0350. The second kappa shape index (κ2) is 58.4. The van der Waals surface area contributed by atoms with Crippen molar-refractivity contribution in [2.75, 3.05) is 13.2 Å². The number of aliphatic hydroxyl groups is 2. The number of hydrogen-bond acceptors (Lipinski definition) is 5. The molecule has 0 spiro atoms. The summed E-state index contributed by atoms with van der Waals surface area (Å²) in [5.74, 6) is -0.0913. The van der Waals surface area contributed by atoms with Crippen LogP contribution in [0.3, 0.4) is 0 Å². The molecule has 6 nitrogen and oxygen atoms in total. The number of hydrogen-bond donors (Lipinski definition) is 3. The molecule has 0 radical (unpaired) electrons. The van der Waals surface area contributed by atoms with Crippen LogP contribution in [-0.4, -0.2) is 47.4 Å². The molecular formula is C63H117NO5. The summed E-state index contributed by atoms with van der Waals surface area (Å²) < 4.78 is 5.45. The summed E-state index contributed by atoms with van der Waals surface area (Å²) in [4.78, 5) is 24.6. The van der Waals surface area contributed by atoms with Gasteiger partial charge >= 0.3 is 5.97 Å². The maximum absolute atomic E-state index is 12.5. The van der Waals surface area contributed by atoms with Crippen molar-refractivity contribution in [2.45, 2.75) is 328 Å². The molecule has 69 heavy (non-hydrogen) atoms. The Kier molecular flexibility index (Phi) is 56.5. The molecule has 6 heteroatoms. The number of esters is 1. The van der Waals surface area contributed by atoms with E-state index in [1.807, 2.05) is 0 Å². The maximum atomic E-state index is 12.5. The third kappa shape index (κ3) is 55.0. The monoisotopic (exact) mass is 968 g/mol. The molecule has 0 aliphatic rings. The Balaban J connectivity index is 3.52. The third-order valence-electron chi connectivity index (χ3n) is 13.9. The molecule has 2 unspecified atom stereocenters. The highest BCUT2D eigenvalue weighted by molar-refractivity contribution is 5.76. The standard InChI is InChI=1S/C63H117NO5/c1-3-5-7-9-11-13-15-17-19-21-22-23-24-25-27-31-35-39-43-47-51-55-61(66)60(59-65)64-62(67)56-52-48-44-40-36-32-28-26-30-34-38-42-46-50-54-58-69-63(68)57-53-49-45-41-37-33-29-20-18-16-14-12-10-8-6-4-2/h14,16,20,26,29-30,34,38,60-61,65-66H,3-13,15,17-19,21-25,27-28,31-33,35-37,39-59H2,1-2H3,(H,64,67)/b16-14-,29-20-,30-26-,38-34-. The molecule has 0 fully saturated rings. The van der Waals surface area contributed by atoms with Gasteiger partial charge in [0.15, 0.2) is 0 Å². The third-order valence-corrected chi connectivity index (χ3v) is 13.9. The lowest BCUT2D eigenvalue weighted by Gasteiger charge is -2.22. The van der Waals surface area contributed by atoms with Crippen LogP contribution in [0.25, 0.3) is 0 Å². The highest BCUT2D eigenvalue weighted by Gasteiger charge is 2.20. The molecule has 0 aromatic carbocycles. The van der Waals surface area contributed by atoms with E-state index >= 15 is 0 Å². The summed E-state index contributed by atoms with van der Waals surface area (Å²) in [5.41, 5.74) is 0. The normalized spacial score (nSPS) is 12.9. The molecule has 1 amide bonds. The van der Waals surface area contributed by atoms with Gasteiger partial charge in [-0.15, -0.1) is 0 Å². The Morgan fingerprint density at radius 2 is 0.768 bits per heavy atom. The first-order valence-electron chi connectivity index (χ1n) is 30.4. The Bertz CT molecular complexity index is 1160. The Labute approximate surface area is 429 Å². The highest BCUT2D eigenvalue weighted by atomic mass is 16.5. The SMILES string of the molecule is CCCCCC/C=C\C/C=C\CCCCCCCC(=O)OCCCCC/C=C\C=C/CCCCCCCCC(=O)NC(CO)C(O)CCCCCCCCCCCCCCCCCCCCCCC. The predicted octanol–water partition coefficient (Wildman–Crippen LogP) is 19.0. The number of unbranched alkanes of at least 4 members (excludes halogenated alkanes) is 38. The smallest absolute Gasteiger partial charge is 0.305 e. The van der Waals surface area contributed by atoms with Gasteiger partial charge in [-0.1, -0.05) is 262 Å². The first-order chi connectivity index (χ1) is 34.0. The van der Waals surface area contributed by atoms with Crippen molar-refractivity contribution in [2.24, 2.45) is 0 Å². The fourth-order valence-corrected chi connectivity index (χ4v) is 9.19. The summed E-state index contributed by atoms with van der Waals surface area (Å²) in [5, 5.41) is 23.3. The molecular weight excluding hydrogens is 851 g/mol. The van der Waals surface area contributed by atoms with E-state index in [0.29, 0.717) is 25.9 Å². The highest BCUT2D eigenvalue weighted by Crippen LogP contribution is 2.17. The van der Waals surface area contributed by atoms with Crippen molar-refractivity contribution in [3.8, 4) is 0 Å².